The number of fused-ring (bicyclic) bond motifs is 3. The van der Waals surface area contributed by atoms with Crippen LogP contribution in [0.15, 0.2) is 83.0 Å². The van der Waals surface area contributed by atoms with E-state index < -0.39 is 40.4 Å². The van der Waals surface area contributed by atoms with Gasteiger partial charge >= 0.3 is 0 Å². The van der Waals surface area contributed by atoms with Crippen LogP contribution in [0.2, 0.25) is 0 Å². The Kier molecular flexibility index (Phi) is 5.27. The van der Waals surface area contributed by atoms with Crippen LogP contribution in [0.5, 0.6) is 5.75 Å². The summed E-state index contributed by atoms with van der Waals surface area (Å²) in [5, 5.41) is 22.1. The number of Topliss-reactive ketones (excluding diaryl/α,β-unsaturated/α-hetero) is 1. The van der Waals surface area contributed by atoms with Crippen LogP contribution < -0.4 is 4.90 Å². The lowest BCUT2D eigenvalue weighted by Crippen LogP contribution is -2.39. The van der Waals surface area contributed by atoms with Crippen LogP contribution in [-0.2, 0) is 19.2 Å². The van der Waals surface area contributed by atoms with E-state index in [9.17, 15) is 34.4 Å². The highest BCUT2D eigenvalue weighted by atomic mass is 16.6. The second-order valence-corrected chi connectivity index (χ2v) is 10.1. The number of nitro groups is 1. The van der Waals surface area contributed by atoms with Crippen LogP contribution in [-0.4, -0.2) is 33.4 Å². The predicted octanol–water partition coefficient (Wildman–Crippen LogP) is 3.93. The molecule has 2 aromatic rings. The summed E-state index contributed by atoms with van der Waals surface area (Å²) in [6, 6.07) is 12.0. The second kappa shape index (κ2) is 8.44. The van der Waals surface area contributed by atoms with E-state index in [2.05, 4.69) is 0 Å². The number of amides is 2. The Morgan fingerprint density at radius 1 is 1.00 bits per heavy atom. The molecule has 4 unspecified atom stereocenters. The number of hydrogen-bond donors (Lipinski definition) is 1. The number of benzene rings is 2. The summed E-state index contributed by atoms with van der Waals surface area (Å²) < 4.78 is 0. The average molecular weight is 511 g/mol. The molecule has 3 aliphatic carbocycles. The molecule has 1 heterocycles. The van der Waals surface area contributed by atoms with Crippen molar-refractivity contribution in [1.29, 1.82) is 0 Å². The molecule has 38 heavy (non-hydrogen) atoms. The highest BCUT2D eigenvalue weighted by Crippen LogP contribution is 2.56. The number of non-ortho nitro benzene ring substituents is 1. The first-order chi connectivity index (χ1) is 18.2. The summed E-state index contributed by atoms with van der Waals surface area (Å²) in [5.74, 6) is -4.36. The van der Waals surface area contributed by atoms with Crippen molar-refractivity contribution in [1.82, 2.24) is 0 Å². The third kappa shape index (κ3) is 3.31. The zero-order chi connectivity index (χ0) is 26.9. The largest absolute Gasteiger partial charge is 0.508 e. The molecule has 4 atom stereocenters. The molecule has 1 aliphatic heterocycles. The fourth-order valence-corrected chi connectivity index (χ4v) is 6.45. The van der Waals surface area contributed by atoms with Crippen LogP contribution in [0.1, 0.15) is 31.2 Å². The summed E-state index contributed by atoms with van der Waals surface area (Å²) in [6.45, 7) is 1.58. The molecule has 0 bridgehead atoms. The molecule has 2 amide bonds. The molecule has 0 saturated carbocycles. The molecule has 1 fully saturated rings. The summed E-state index contributed by atoms with van der Waals surface area (Å²) in [7, 11) is 0. The number of phenolic OH excluding ortho intramolecular Hbond substituents is 1. The van der Waals surface area contributed by atoms with Gasteiger partial charge in [-0.3, -0.25) is 29.3 Å². The Bertz CT molecular complexity index is 1580. The Morgan fingerprint density at radius 2 is 1.76 bits per heavy atom. The lowest BCUT2D eigenvalue weighted by molar-refractivity contribution is -0.384. The van der Waals surface area contributed by atoms with Crippen molar-refractivity contribution in [2.75, 3.05) is 4.90 Å². The normalized spacial score (nSPS) is 26.5. The zero-order valence-corrected chi connectivity index (χ0v) is 20.3. The zero-order valence-electron chi connectivity index (χ0n) is 20.3. The number of para-hydroxylation sites is 1. The van der Waals surface area contributed by atoms with Gasteiger partial charge < -0.3 is 5.11 Å². The van der Waals surface area contributed by atoms with E-state index in [-0.39, 0.29) is 41.5 Å². The van der Waals surface area contributed by atoms with E-state index in [4.69, 9.17) is 0 Å². The van der Waals surface area contributed by atoms with Gasteiger partial charge in [0.1, 0.15) is 5.75 Å². The van der Waals surface area contributed by atoms with Gasteiger partial charge in [-0.25, -0.2) is 4.90 Å². The van der Waals surface area contributed by atoms with Gasteiger partial charge in [0.25, 0.3) is 5.69 Å². The van der Waals surface area contributed by atoms with Gasteiger partial charge in [0.15, 0.2) is 11.6 Å². The lowest BCUT2D eigenvalue weighted by atomic mass is 9.59. The highest BCUT2D eigenvalue weighted by molar-refractivity contribution is 6.25. The minimum absolute atomic E-state index is 0.0347. The SMILES string of the molecule is CC1=CC(=O)C2=C(C1=O)C(c1ccccc1O)C1=CCC3C(=O)N(c4cccc([N+](=O)[O-])c4)C(=O)C3C1C2. The number of ketones is 2. The maximum atomic E-state index is 13.8. The van der Waals surface area contributed by atoms with Gasteiger partial charge in [-0.1, -0.05) is 35.9 Å². The first kappa shape index (κ1) is 23.7. The van der Waals surface area contributed by atoms with E-state index in [1.165, 1.54) is 36.4 Å². The maximum Gasteiger partial charge on any atom is 0.271 e. The third-order valence-corrected chi connectivity index (χ3v) is 8.11. The van der Waals surface area contributed by atoms with E-state index in [0.717, 1.165) is 10.5 Å². The number of anilines is 1. The minimum atomic E-state index is -0.806. The fraction of sp³-hybridized carbons (Fsp3) is 0.241. The molecule has 190 valence electrons. The van der Waals surface area contributed by atoms with E-state index in [0.29, 0.717) is 22.3 Å². The van der Waals surface area contributed by atoms with Crippen LogP contribution in [0, 0.1) is 27.9 Å². The van der Waals surface area contributed by atoms with Crippen LogP contribution >= 0.6 is 0 Å². The van der Waals surface area contributed by atoms with Gasteiger partial charge in [-0.2, -0.15) is 0 Å². The molecule has 1 saturated heterocycles. The smallest absolute Gasteiger partial charge is 0.271 e. The summed E-state index contributed by atoms with van der Waals surface area (Å²) >= 11 is 0. The van der Waals surface area contributed by atoms with E-state index >= 15 is 0 Å². The molecule has 9 nitrogen and oxygen atoms in total. The maximum absolute atomic E-state index is 13.8. The lowest BCUT2D eigenvalue weighted by Gasteiger charge is -2.42. The molecule has 1 N–H and O–H groups in total. The molecule has 0 spiro atoms. The molecular weight excluding hydrogens is 488 g/mol. The van der Waals surface area contributed by atoms with Gasteiger partial charge in [-0.15, -0.1) is 0 Å². The topological polar surface area (TPSA) is 135 Å². The fourth-order valence-electron chi connectivity index (χ4n) is 6.45. The quantitative estimate of drug-likeness (QED) is 0.217. The minimum Gasteiger partial charge on any atom is -0.508 e. The van der Waals surface area contributed by atoms with E-state index in [1.54, 1.807) is 25.1 Å². The number of imide groups is 1. The van der Waals surface area contributed by atoms with E-state index in [1.807, 2.05) is 6.08 Å². The molecule has 2 aromatic carbocycles. The van der Waals surface area contributed by atoms with Crippen molar-refractivity contribution in [3.05, 3.63) is 98.7 Å². The van der Waals surface area contributed by atoms with Crippen molar-refractivity contribution in [3.63, 3.8) is 0 Å². The number of nitro benzene ring substituents is 1. The van der Waals surface area contributed by atoms with Crippen molar-refractivity contribution in [2.45, 2.75) is 25.7 Å². The van der Waals surface area contributed by atoms with Crippen molar-refractivity contribution < 1.29 is 29.2 Å². The molecule has 9 heteroatoms. The number of phenols is 1. The van der Waals surface area contributed by atoms with Gasteiger partial charge in [0.2, 0.25) is 11.8 Å². The van der Waals surface area contributed by atoms with Gasteiger partial charge in [0, 0.05) is 40.3 Å². The Labute approximate surface area is 216 Å². The average Bonchev–Trinajstić information content (AvgIpc) is 3.16. The molecule has 6 rings (SSSR count). The van der Waals surface area contributed by atoms with Crippen LogP contribution in [0.25, 0.3) is 0 Å². The van der Waals surface area contributed by atoms with Crippen molar-refractivity contribution in [2.24, 2.45) is 17.8 Å². The number of hydrogen-bond acceptors (Lipinski definition) is 7. The Hall–Kier alpha value is -4.66. The van der Waals surface area contributed by atoms with Crippen molar-refractivity contribution >= 4 is 34.8 Å². The molecule has 0 radical (unpaired) electrons. The van der Waals surface area contributed by atoms with Gasteiger partial charge in [0.05, 0.1) is 22.4 Å². The number of aromatic hydroxyl groups is 1. The molecular formula is C29H22N2O7. The third-order valence-electron chi connectivity index (χ3n) is 8.11. The molecule has 4 aliphatic rings. The van der Waals surface area contributed by atoms with Crippen LogP contribution in [0.4, 0.5) is 11.4 Å². The second-order valence-electron chi connectivity index (χ2n) is 10.1. The number of carbonyl (C=O) groups is 4. The first-order valence-electron chi connectivity index (χ1n) is 12.3. The predicted molar refractivity (Wildman–Crippen MR) is 135 cm³/mol. The molecule has 0 aromatic heterocycles. The number of carbonyl (C=O) groups excluding carboxylic acids is 4. The monoisotopic (exact) mass is 510 g/mol. The van der Waals surface area contributed by atoms with Crippen molar-refractivity contribution in [3.8, 4) is 5.75 Å². The van der Waals surface area contributed by atoms with Gasteiger partial charge in [-0.05, 0) is 43.9 Å². The summed E-state index contributed by atoms with van der Waals surface area (Å²) in [4.78, 5) is 65.6. The number of nitrogens with zero attached hydrogens (tertiary/aromatic N) is 2. The highest BCUT2D eigenvalue weighted by Gasteiger charge is 2.56. The Morgan fingerprint density at radius 3 is 2.50 bits per heavy atom. The summed E-state index contributed by atoms with van der Waals surface area (Å²) in [6.07, 6.45) is 3.51. The van der Waals surface area contributed by atoms with Crippen LogP contribution in [0.3, 0.4) is 0 Å². The number of allylic oxidation sites excluding steroid dienone is 6. The first-order valence-corrected chi connectivity index (χ1v) is 12.3. The number of rotatable bonds is 3. The summed E-state index contributed by atoms with van der Waals surface area (Å²) in [5.41, 5.74) is 1.99. The standard InChI is InChI=1S/C29H22N2O7/c1-14-11-23(33)21-13-20-17(24(26(21)27(14)34)18-7-2-3-8-22(18)32)9-10-19-25(20)29(36)30(28(19)35)15-5-4-6-16(12-15)31(37)38/h2-9,11-12,19-20,24-25,32H,10,13H2,1H3. The Balaban J connectivity index is 1.48.